The second-order valence-corrected chi connectivity index (χ2v) is 5.85. The Balaban J connectivity index is 2.43. The van der Waals surface area contributed by atoms with Gasteiger partial charge in [-0.2, -0.15) is 0 Å². The van der Waals surface area contributed by atoms with Gasteiger partial charge < -0.3 is 9.84 Å². The van der Waals surface area contributed by atoms with E-state index in [-0.39, 0.29) is 11.5 Å². The van der Waals surface area contributed by atoms with E-state index in [0.717, 1.165) is 16.2 Å². The third-order valence-electron chi connectivity index (χ3n) is 1.96. The van der Waals surface area contributed by atoms with Crippen LogP contribution in [0.2, 0.25) is 4.34 Å². The van der Waals surface area contributed by atoms with E-state index < -0.39 is 5.97 Å². The molecule has 17 heavy (non-hydrogen) atoms. The smallest absolute Gasteiger partial charge is 0.347 e. The van der Waals surface area contributed by atoms with E-state index in [2.05, 4.69) is 4.98 Å². The third kappa shape index (κ3) is 2.66. The molecule has 2 rings (SSSR count). The molecule has 0 aliphatic rings. The molecule has 1 N–H and O–H groups in total. The van der Waals surface area contributed by atoms with Gasteiger partial charge in [-0.25, -0.2) is 9.78 Å². The van der Waals surface area contributed by atoms with Crippen molar-refractivity contribution >= 4 is 40.2 Å². The van der Waals surface area contributed by atoms with Crippen LogP contribution in [0.5, 0.6) is 0 Å². The molecule has 0 spiro atoms. The fourth-order valence-corrected chi connectivity index (χ4v) is 3.29. The molecule has 0 aromatic carbocycles. The van der Waals surface area contributed by atoms with E-state index in [1.807, 2.05) is 6.07 Å². The largest absolute Gasteiger partial charge is 0.477 e. The summed E-state index contributed by atoms with van der Waals surface area (Å²) in [4.78, 5) is 16.4. The van der Waals surface area contributed by atoms with Gasteiger partial charge in [0, 0.05) is 7.11 Å². The van der Waals surface area contributed by atoms with Crippen molar-refractivity contribution < 1.29 is 14.6 Å². The first-order valence-electron chi connectivity index (χ1n) is 4.59. The summed E-state index contributed by atoms with van der Waals surface area (Å²) < 4.78 is 5.58. The van der Waals surface area contributed by atoms with Crippen molar-refractivity contribution in [2.24, 2.45) is 0 Å². The van der Waals surface area contributed by atoms with Crippen LogP contribution >= 0.6 is 34.3 Å². The van der Waals surface area contributed by atoms with Crippen molar-refractivity contribution in [3.63, 3.8) is 0 Å². The predicted octanol–water partition coefficient (Wildman–Crippen LogP) is 3.37. The fraction of sp³-hybridized carbons (Fsp3) is 0.200. The zero-order valence-corrected chi connectivity index (χ0v) is 11.2. The molecule has 0 unspecified atom stereocenters. The highest BCUT2D eigenvalue weighted by Gasteiger charge is 2.18. The highest BCUT2D eigenvalue weighted by molar-refractivity contribution is 7.24. The molecule has 0 amide bonds. The van der Waals surface area contributed by atoms with Crippen molar-refractivity contribution in [2.45, 2.75) is 6.61 Å². The maximum absolute atomic E-state index is 11.0. The number of hydrogen-bond donors (Lipinski definition) is 1. The number of carboxylic acids is 1. The number of hydrogen-bond acceptors (Lipinski definition) is 5. The van der Waals surface area contributed by atoms with Crippen molar-refractivity contribution in [3.05, 3.63) is 27.0 Å². The van der Waals surface area contributed by atoms with E-state index in [0.29, 0.717) is 15.0 Å². The molecule has 0 bridgehead atoms. The minimum absolute atomic E-state index is 0.192. The van der Waals surface area contributed by atoms with Crippen LogP contribution in [0.4, 0.5) is 0 Å². The van der Waals surface area contributed by atoms with Crippen LogP contribution in [0.25, 0.3) is 9.88 Å². The number of methoxy groups -OCH3 is 1. The number of rotatable bonds is 4. The molecule has 2 aromatic heterocycles. The second-order valence-electron chi connectivity index (χ2n) is 3.14. The lowest BCUT2D eigenvalue weighted by molar-refractivity contribution is 0.0697. The molecule has 90 valence electrons. The van der Waals surface area contributed by atoms with Gasteiger partial charge in [-0.1, -0.05) is 11.6 Å². The second kappa shape index (κ2) is 5.14. The van der Waals surface area contributed by atoms with Gasteiger partial charge in [-0.3, -0.25) is 0 Å². The van der Waals surface area contributed by atoms with Crippen LogP contribution in [-0.2, 0) is 11.3 Å². The average molecular weight is 290 g/mol. The summed E-state index contributed by atoms with van der Waals surface area (Å²) in [5.74, 6) is -0.983. The monoisotopic (exact) mass is 289 g/mol. The number of carbonyl (C=O) groups is 1. The number of ether oxygens (including phenoxy) is 1. The minimum Gasteiger partial charge on any atom is -0.477 e. The van der Waals surface area contributed by atoms with Gasteiger partial charge in [0.2, 0.25) is 0 Å². The lowest BCUT2D eigenvalue weighted by Crippen LogP contribution is -1.99. The van der Waals surface area contributed by atoms with E-state index in [9.17, 15) is 4.79 Å². The van der Waals surface area contributed by atoms with Crippen molar-refractivity contribution in [1.29, 1.82) is 0 Å². The first kappa shape index (κ1) is 12.5. The van der Waals surface area contributed by atoms with Crippen LogP contribution in [-0.4, -0.2) is 23.2 Å². The highest BCUT2D eigenvalue weighted by Crippen LogP contribution is 2.35. The Morgan fingerprint density at radius 1 is 1.53 bits per heavy atom. The molecule has 0 aliphatic heterocycles. The molecule has 0 radical (unpaired) electrons. The molecule has 0 atom stereocenters. The normalized spacial score (nSPS) is 10.7. The summed E-state index contributed by atoms with van der Waals surface area (Å²) in [6.07, 6.45) is 0. The molecule has 2 heterocycles. The molecule has 7 heteroatoms. The Labute approximate surface area is 110 Å². The number of thiazole rings is 1. The van der Waals surface area contributed by atoms with Crippen molar-refractivity contribution in [1.82, 2.24) is 4.98 Å². The van der Waals surface area contributed by atoms with Gasteiger partial charge in [-0.05, 0) is 12.1 Å². The molecular weight excluding hydrogens is 282 g/mol. The third-order valence-corrected chi connectivity index (χ3v) is 4.44. The summed E-state index contributed by atoms with van der Waals surface area (Å²) in [6.45, 7) is 0.192. The Morgan fingerprint density at radius 2 is 2.29 bits per heavy atom. The van der Waals surface area contributed by atoms with Crippen LogP contribution < -0.4 is 0 Å². The molecule has 0 fully saturated rings. The summed E-state index contributed by atoms with van der Waals surface area (Å²) in [7, 11) is 1.51. The van der Waals surface area contributed by atoms with Gasteiger partial charge in [-0.15, -0.1) is 22.7 Å². The molecule has 2 aromatic rings. The van der Waals surface area contributed by atoms with E-state index in [1.54, 1.807) is 6.07 Å². The summed E-state index contributed by atoms with van der Waals surface area (Å²) in [6, 6.07) is 3.59. The average Bonchev–Trinajstić information content (AvgIpc) is 2.85. The topological polar surface area (TPSA) is 59.4 Å². The lowest BCUT2D eigenvalue weighted by atomic mass is 10.4. The number of thiophene rings is 1. The highest BCUT2D eigenvalue weighted by atomic mass is 35.5. The number of halogens is 1. The molecule has 0 saturated carbocycles. The quantitative estimate of drug-likeness (QED) is 0.937. The molecule has 0 aliphatic carbocycles. The van der Waals surface area contributed by atoms with E-state index in [1.165, 1.54) is 18.4 Å². The van der Waals surface area contributed by atoms with Crippen molar-refractivity contribution in [2.75, 3.05) is 7.11 Å². The maximum Gasteiger partial charge on any atom is 0.347 e. The van der Waals surface area contributed by atoms with E-state index in [4.69, 9.17) is 21.4 Å². The number of nitrogens with zero attached hydrogens (tertiary/aromatic N) is 1. The fourth-order valence-electron chi connectivity index (χ4n) is 1.29. The minimum atomic E-state index is -0.983. The zero-order valence-electron chi connectivity index (χ0n) is 8.77. The van der Waals surface area contributed by atoms with Crippen LogP contribution in [0.15, 0.2) is 12.1 Å². The Hall–Kier alpha value is -0.950. The lowest BCUT2D eigenvalue weighted by Gasteiger charge is -1.94. The number of aromatic carboxylic acids is 1. The number of carboxylic acid groups (broad SMARTS) is 1. The Morgan fingerprint density at radius 3 is 2.82 bits per heavy atom. The Kier molecular flexibility index (Phi) is 3.78. The first-order valence-corrected chi connectivity index (χ1v) is 6.60. The maximum atomic E-state index is 11.0. The predicted molar refractivity (Wildman–Crippen MR) is 68.1 cm³/mol. The van der Waals surface area contributed by atoms with Gasteiger partial charge in [0.05, 0.1) is 21.5 Å². The van der Waals surface area contributed by atoms with Crippen molar-refractivity contribution in [3.8, 4) is 9.88 Å². The zero-order chi connectivity index (χ0) is 12.4. The SMILES string of the molecule is COCc1nc(-c2ccc(Cl)s2)sc1C(=O)O. The van der Waals surface area contributed by atoms with Crippen LogP contribution in [0.3, 0.4) is 0 Å². The van der Waals surface area contributed by atoms with Gasteiger partial charge in [0.25, 0.3) is 0 Å². The van der Waals surface area contributed by atoms with Crippen LogP contribution in [0.1, 0.15) is 15.4 Å². The Bertz CT molecular complexity index is 549. The van der Waals surface area contributed by atoms with E-state index >= 15 is 0 Å². The summed E-state index contributed by atoms with van der Waals surface area (Å²) >= 11 is 8.34. The van der Waals surface area contributed by atoms with Gasteiger partial charge in [0.1, 0.15) is 9.88 Å². The summed E-state index contributed by atoms with van der Waals surface area (Å²) in [5, 5.41) is 9.71. The van der Waals surface area contributed by atoms with Gasteiger partial charge in [0.15, 0.2) is 0 Å². The first-order chi connectivity index (χ1) is 8.11. The number of aromatic nitrogens is 1. The van der Waals surface area contributed by atoms with Gasteiger partial charge >= 0.3 is 5.97 Å². The summed E-state index contributed by atoms with van der Waals surface area (Å²) in [5.41, 5.74) is 0.449. The molecule has 0 saturated heterocycles. The standard InChI is InChI=1S/C10H8ClNO3S2/c1-15-4-5-8(10(13)14)17-9(12-5)6-2-3-7(11)16-6/h2-3H,4H2,1H3,(H,13,14). The van der Waals surface area contributed by atoms with Crippen LogP contribution in [0, 0.1) is 0 Å². The molecule has 4 nitrogen and oxygen atoms in total. The molecular formula is C10H8ClNO3S2.